The van der Waals surface area contributed by atoms with Crippen LogP contribution < -0.4 is 0 Å². The van der Waals surface area contributed by atoms with Crippen LogP contribution in [0.1, 0.15) is 36.3 Å². The van der Waals surface area contributed by atoms with Crippen molar-refractivity contribution in [1.82, 2.24) is 4.98 Å². The highest BCUT2D eigenvalue weighted by Crippen LogP contribution is 2.29. The van der Waals surface area contributed by atoms with Gasteiger partial charge in [-0.2, -0.15) is 0 Å². The Labute approximate surface area is 90.2 Å². The third kappa shape index (κ3) is 2.55. The first kappa shape index (κ1) is 11.2. The second kappa shape index (κ2) is 4.09. The number of allylic oxidation sites excluding steroid dienone is 2. The third-order valence-corrected chi connectivity index (χ3v) is 3.41. The Kier molecular flexibility index (Phi) is 3.27. The quantitative estimate of drug-likeness (QED) is 0.669. The Balaban J connectivity index is 3.05. The Bertz CT molecular complexity index is 353. The topological polar surface area (TPSA) is 12.9 Å². The summed E-state index contributed by atoms with van der Waals surface area (Å²) >= 11 is 1.76. The molecule has 14 heavy (non-hydrogen) atoms. The lowest BCUT2D eigenvalue weighted by atomic mass is 9.98. The molecule has 2 heteroatoms. The fraction of sp³-hybridized carbons (Fsp3) is 0.417. The van der Waals surface area contributed by atoms with Gasteiger partial charge in [-0.25, -0.2) is 4.98 Å². The van der Waals surface area contributed by atoms with Crippen LogP contribution in [0.15, 0.2) is 18.7 Å². The minimum absolute atomic E-state index is 0.149. The molecule has 1 heterocycles. The maximum atomic E-state index is 4.57. The van der Waals surface area contributed by atoms with E-state index >= 15 is 0 Å². The number of rotatable bonds is 2. The highest BCUT2D eigenvalue weighted by molar-refractivity contribution is 7.12. The number of hydrogen-bond acceptors (Lipinski definition) is 2. The van der Waals surface area contributed by atoms with Crippen LogP contribution >= 0.6 is 11.3 Å². The summed E-state index contributed by atoms with van der Waals surface area (Å²) in [6, 6.07) is 0. The molecule has 0 aliphatic rings. The van der Waals surface area contributed by atoms with E-state index in [2.05, 4.69) is 45.3 Å². The molecule has 0 radical (unpaired) electrons. The first-order valence-corrected chi connectivity index (χ1v) is 5.54. The fourth-order valence-corrected chi connectivity index (χ4v) is 2.08. The molecule has 0 aliphatic carbocycles. The molecule has 76 valence electrons. The second-order valence-electron chi connectivity index (χ2n) is 4.31. The van der Waals surface area contributed by atoms with Gasteiger partial charge in [0.25, 0.3) is 0 Å². The van der Waals surface area contributed by atoms with Crippen molar-refractivity contribution in [3.63, 3.8) is 0 Å². The average Bonchev–Trinajstić information content (AvgIpc) is 2.43. The summed E-state index contributed by atoms with van der Waals surface area (Å²) in [6.45, 7) is 12.3. The monoisotopic (exact) mass is 207 g/mol. The van der Waals surface area contributed by atoms with Crippen molar-refractivity contribution < 1.29 is 0 Å². The molecule has 0 bridgehead atoms. The molecule has 1 aromatic rings. The maximum absolute atomic E-state index is 4.57. The Morgan fingerprint density at radius 1 is 1.36 bits per heavy atom. The van der Waals surface area contributed by atoms with Crippen molar-refractivity contribution in [1.29, 1.82) is 0 Å². The van der Waals surface area contributed by atoms with Crippen molar-refractivity contribution in [2.24, 2.45) is 0 Å². The summed E-state index contributed by atoms with van der Waals surface area (Å²) in [5.74, 6) is 0. The molecule has 0 amide bonds. The van der Waals surface area contributed by atoms with Crippen LogP contribution in [0.4, 0.5) is 0 Å². The number of thiazole rings is 1. The van der Waals surface area contributed by atoms with Gasteiger partial charge in [-0.15, -0.1) is 11.3 Å². The number of nitrogens with zero attached hydrogens (tertiary/aromatic N) is 1. The van der Waals surface area contributed by atoms with E-state index in [9.17, 15) is 0 Å². The van der Waals surface area contributed by atoms with Crippen LogP contribution in [0.25, 0.3) is 6.08 Å². The summed E-state index contributed by atoms with van der Waals surface area (Å²) in [5, 5.41) is 1.19. The highest BCUT2D eigenvalue weighted by Gasteiger charge is 2.18. The lowest BCUT2D eigenvalue weighted by Crippen LogP contribution is -2.10. The molecule has 1 rings (SSSR count). The van der Waals surface area contributed by atoms with E-state index in [1.54, 1.807) is 17.4 Å². The zero-order chi connectivity index (χ0) is 10.8. The van der Waals surface area contributed by atoms with Crippen LogP contribution in [0.3, 0.4) is 0 Å². The van der Waals surface area contributed by atoms with E-state index in [-0.39, 0.29) is 5.41 Å². The van der Waals surface area contributed by atoms with E-state index in [0.717, 1.165) is 5.69 Å². The Morgan fingerprint density at radius 2 is 2.00 bits per heavy atom. The minimum Gasteiger partial charge on any atom is -0.245 e. The van der Waals surface area contributed by atoms with Gasteiger partial charge < -0.3 is 0 Å². The largest absolute Gasteiger partial charge is 0.245 e. The molecule has 1 nitrogen and oxygen atoms in total. The number of aryl methyl sites for hydroxylation is 1. The molecule has 0 N–H and O–H groups in total. The van der Waals surface area contributed by atoms with Gasteiger partial charge in [-0.05, 0) is 13.0 Å². The van der Waals surface area contributed by atoms with E-state index < -0.39 is 0 Å². The van der Waals surface area contributed by atoms with E-state index in [4.69, 9.17) is 0 Å². The molecule has 0 saturated heterocycles. The van der Waals surface area contributed by atoms with Crippen molar-refractivity contribution in [3.05, 3.63) is 34.3 Å². The zero-order valence-electron chi connectivity index (χ0n) is 9.29. The molecular weight excluding hydrogens is 190 g/mol. The summed E-state index contributed by atoms with van der Waals surface area (Å²) in [6.07, 6.45) is 5.80. The van der Waals surface area contributed by atoms with Gasteiger partial charge >= 0.3 is 0 Å². The highest BCUT2D eigenvalue weighted by atomic mass is 32.1. The predicted molar refractivity (Wildman–Crippen MR) is 64.8 cm³/mol. The first-order chi connectivity index (χ1) is 6.45. The van der Waals surface area contributed by atoms with Crippen molar-refractivity contribution >= 4 is 17.4 Å². The molecule has 1 aromatic heterocycles. The summed E-state index contributed by atoms with van der Waals surface area (Å²) in [7, 11) is 0. The van der Waals surface area contributed by atoms with Crippen LogP contribution in [0, 0.1) is 6.92 Å². The van der Waals surface area contributed by atoms with Gasteiger partial charge in [-0.1, -0.05) is 39.5 Å². The molecule has 0 unspecified atom stereocenters. The van der Waals surface area contributed by atoms with Crippen molar-refractivity contribution in [3.8, 4) is 0 Å². The standard InChI is InChI=1S/C12H17NS/c1-6-7-8-10-9(2)13-11(14-10)12(3,4)5/h6-8H,1H2,2-5H3/b8-7-. The number of aromatic nitrogens is 1. The zero-order valence-corrected chi connectivity index (χ0v) is 10.1. The lowest BCUT2D eigenvalue weighted by molar-refractivity contribution is 0.584. The average molecular weight is 207 g/mol. The minimum atomic E-state index is 0.149. The third-order valence-electron chi connectivity index (χ3n) is 1.86. The van der Waals surface area contributed by atoms with Gasteiger partial charge in [0.05, 0.1) is 15.6 Å². The molecule has 0 spiro atoms. The molecule has 0 aromatic carbocycles. The molecule has 0 aliphatic heterocycles. The summed E-state index contributed by atoms with van der Waals surface area (Å²) < 4.78 is 0. The fourth-order valence-electron chi connectivity index (χ4n) is 1.04. The van der Waals surface area contributed by atoms with E-state index in [1.807, 2.05) is 6.08 Å². The van der Waals surface area contributed by atoms with E-state index in [1.165, 1.54) is 9.88 Å². The first-order valence-electron chi connectivity index (χ1n) is 4.72. The number of hydrogen-bond donors (Lipinski definition) is 0. The van der Waals surface area contributed by atoms with Gasteiger partial charge in [0.1, 0.15) is 0 Å². The molecule has 0 fully saturated rings. The molecule has 0 atom stereocenters. The van der Waals surface area contributed by atoms with Gasteiger partial charge in [-0.3, -0.25) is 0 Å². The second-order valence-corrected chi connectivity index (χ2v) is 5.34. The lowest BCUT2D eigenvalue weighted by Gasteiger charge is -2.13. The van der Waals surface area contributed by atoms with Crippen LogP contribution in [-0.2, 0) is 5.41 Å². The van der Waals surface area contributed by atoms with E-state index in [0.29, 0.717) is 0 Å². The Morgan fingerprint density at radius 3 is 2.43 bits per heavy atom. The maximum Gasteiger partial charge on any atom is 0.0987 e. The van der Waals surface area contributed by atoms with Gasteiger partial charge in [0.15, 0.2) is 0 Å². The van der Waals surface area contributed by atoms with Gasteiger partial charge in [0.2, 0.25) is 0 Å². The van der Waals surface area contributed by atoms with Crippen LogP contribution in [-0.4, -0.2) is 4.98 Å². The normalized spacial score (nSPS) is 12.3. The molecular formula is C12H17NS. The van der Waals surface area contributed by atoms with Crippen LogP contribution in [0.5, 0.6) is 0 Å². The predicted octanol–water partition coefficient (Wildman–Crippen LogP) is 3.95. The molecule has 0 saturated carbocycles. The Hall–Kier alpha value is -0.890. The smallest absolute Gasteiger partial charge is 0.0987 e. The van der Waals surface area contributed by atoms with Crippen molar-refractivity contribution in [2.75, 3.05) is 0 Å². The van der Waals surface area contributed by atoms with Crippen molar-refractivity contribution in [2.45, 2.75) is 33.1 Å². The summed E-state index contributed by atoms with van der Waals surface area (Å²) in [4.78, 5) is 5.80. The van der Waals surface area contributed by atoms with Gasteiger partial charge in [0, 0.05) is 5.41 Å². The summed E-state index contributed by atoms with van der Waals surface area (Å²) in [5.41, 5.74) is 1.26. The SMILES string of the molecule is C=C/C=C\c1sc(C(C)(C)C)nc1C. The van der Waals surface area contributed by atoms with Crippen LogP contribution in [0.2, 0.25) is 0 Å².